The smallest absolute Gasteiger partial charge is 0.251 e. The molecule has 0 aromatic heterocycles. The van der Waals surface area contributed by atoms with Crippen LogP contribution in [0.1, 0.15) is 38.3 Å². The molecule has 1 aliphatic rings. The van der Waals surface area contributed by atoms with Crippen LogP contribution in [-0.2, 0) is 9.53 Å². The van der Waals surface area contributed by atoms with Crippen molar-refractivity contribution in [1.29, 1.82) is 0 Å². The van der Waals surface area contributed by atoms with E-state index in [2.05, 4.69) is 13.8 Å². The first kappa shape index (κ1) is 17.3. The molecule has 1 saturated heterocycles. The van der Waals surface area contributed by atoms with E-state index in [9.17, 15) is 4.79 Å². The van der Waals surface area contributed by atoms with Crippen LogP contribution < -0.4 is 5.73 Å². The van der Waals surface area contributed by atoms with Gasteiger partial charge in [-0.25, -0.2) is 0 Å². The van der Waals surface area contributed by atoms with Crippen molar-refractivity contribution in [1.82, 2.24) is 4.90 Å². The molecule has 1 aliphatic heterocycles. The number of carbonyl (C=O) groups is 1. The fourth-order valence-electron chi connectivity index (χ4n) is 3.15. The molecule has 5 heteroatoms. The van der Waals surface area contributed by atoms with Gasteiger partial charge in [0.25, 0.3) is 5.91 Å². The van der Waals surface area contributed by atoms with E-state index in [0.29, 0.717) is 11.6 Å². The van der Waals surface area contributed by atoms with E-state index in [0.717, 1.165) is 18.4 Å². The molecule has 1 amide bonds. The maximum atomic E-state index is 12.8. The number of ether oxygens (including phenoxy) is 1. The van der Waals surface area contributed by atoms with Gasteiger partial charge in [-0.15, -0.1) is 0 Å². The number of likely N-dealkylation sites (N-methyl/N-ethyl adjacent to an activating group) is 1. The standard InChI is InChI=1S/C17H25ClN2O2/c1-11(2)16(13-6-4-5-7-14(13)18)20(3)17(21)15-9-8-12(10-19)22-15/h4-7,11-12,15-16H,8-10,19H2,1-3H3/t12-,15+,16?/m1/s1. The van der Waals surface area contributed by atoms with Crippen molar-refractivity contribution >= 4 is 17.5 Å². The minimum atomic E-state index is -0.387. The summed E-state index contributed by atoms with van der Waals surface area (Å²) in [5.74, 6) is 0.259. The highest BCUT2D eigenvalue weighted by atomic mass is 35.5. The molecule has 122 valence electrons. The average Bonchev–Trinajstić information content (AvgIpc) is 2.97. The topological polar surface area (TPSA) is 55.6 Å². The molecule has 2 N–H and O–H groups in total. The van der Waals surface area contributed by atoms with Gasteiger partial charge in [-0.2, -0.15) is 0 Å². The lowest BCUT2D eigenvalue weighted by Crippen LogP contribution is -2.41. The highest BCUT2D eigenvalue weighted by Crippen LogP contribution is 2.34. The molecule has 3 atom stereocenters. The van der Waals surface area contributed by atoms with E-state index >= 15 is 0 Å². The van der Waals surface area contributed by atoms with Crippen molar-refractivity contribution in [3.05, 3.63) is 34.9 Å². The van der Waals surface area contributed by atoms with Crippen LogP contribution in [0.4, 0.5) is 0 Å². The molecule has 0 spiro atoms. The van der Waals surface area contributed by atoms with Crippen LogP contribution in [0.2, 0.25) is 5.02 Å². The summed E-state index contributed by atoms with van der Waals surface area (Å²) < 4.78 is 5.74. The zero-order valence-corrected chi connectivity index (χ0v) is 14.2. The predicted molar refractivity (Wildman–Crippen MR) is 88.8 cm³/mol. The number of amides is 1. The highest BCUT2D eigenvalue weighted by Gasteiger charge is 2.35. The molecular weight excluding hydrogens is 300 g/mol. The molecule has 4 nitrogen and oxygen atoms in total. The van der Waals surface area contributed by atoms with E-state index in [4.69, 9.17) is 22.1 Å². The number of carbonyl (C=O) groups excluding carboxylic acids is 1. The summed E-state index contributed by atoms with van der Waals surface area (Å²) in [7, 11) is 1.83. The summed E-state index contributed by atoms with van der Waals surface area (Å²) in [6.07, 6.45) is 1.19. The van der Waals surface area contributed by atoms with Gasteiger partial charge >= 0.3 is 0 Å². The van der Waals surface area contributed by atoms with Gasteiger partial charge < -0.3 is 15.4 Å². The van der Waals surface area contributed by atoms with Crippen LogP contribution >= 0.6 is 11.6 Å². The van der Waals surface area contributed by atoms with Gasteiger partial charge in [0.1, 0.15) is 6.10 Å². The first-order chi connectivity index (χ1) is 10.5. The molecule has 0 radical (unpaired) electrons. The average molecular weight is 325 g/mol. The maximum Gasteiger partial charge on any atom is 0.251 e. The van der Waals surface area contributed by atoms with Crippen molar-refractivity contribution in [2.24, 2.45) is 11.7 Å². The normalized spacial score (nSPS) is 22.8. The molecule has 1 aromatic carbocycles. The van der Waals surface area contributed by atoms with Gasteiger partial charge in [0.05, 0.1) is 12.1 Å². The fourth-order valence-corrected chi connectivity index (χ4v) is 3.40. The van der Waals surface area contributed by atoms with Crippen LogP contribution in [0.15, 0.2) is 24.3 Å². The second-order valence-corrected chi connectivity index (χ2v) is 6.63. The Bertz CT molecular complexity index is 521. The predicted octanol–water partition coefficient (Wildman–Crippen LogP) is 3.00. The number of hydrogen-bond acceptors (Lipinski definition) is 3. The Labute approximate surface area is 137 Å². The maximum absolute atomic E-state index is 12.8. The number of benzene rings is 1. The molecule has 1 heterocycles. The van der Waals surface area contributed by atoms with Crippen LogP contribution in [0.5, 0.6) is 0 Å². The Balaban J connectivity index is 2.19. The Hall–Kier alpha value is -1.10. The zero-order chi connectivity index (χ0) is 16.3. The molecule has 2 rings (SSSR count). The molecule has 0 saturated carbocycles. The summed E-state index contributed by atoms with van der Waals surface area (Å²) >= 11 is 6.33. The monoisotopic (exact) mass is 324 g/mol. The largest absolute Gasteiger partial charge is 0.364 e. The van der Waals surface area contributed by atoms with Gasteiger partial charge in [0, 0.05) is 18.6 Å². The van der Waals surface area contributed by atoms with E-state index in [1.807, 2.05) is 31.3 Å². The summed E-state index contributed by atoms with van der Waals surface area (Å²) in [6.45, 7) is 4.65. The highest BCUT2D eigenvalue weighted by molar-refractivity contribution is 6.31. The molecular formula is C17H25ClN2O2. The van der Waals surface area contributed by atoms with Gasteiger partial charge in [-0.3, -0.25) is 4.79 Å². The lowest BCUT2D eigenvalue weighted by molar-refractivity contribution is -0.144. The SMILES string of the molecule is CC(C)C(c1ccccc1Cl)N(C)C(=O)[C@@H]1CC[C@H](CN)O1. The van der Waals surface area contributed by atoms with E-state index < -0.39 is 0 Å². The van der Waals surface area contributed by atoms with E-state index in [1.165, 1.54) is 0 Å². The molecule has 1 unspecified atom stereocenters. The summed E-state index contributed by atoms with van der Waals surface area (Å²) in [5, 5.41) is 0.688. The first-order valence-electron chi connectivity index (χ1n) is 7.82. The van der Waals surface area contributed by atoms with Crippen molar-refractivity contribution in [3.8, 4) is 0 Å². The molecule has 1 fully saturated rings. The Morgan fingerprint density at radius 2 is 2.09 bits per heavy atom. The minimum absolute atomic E-state index is 0.000151. The second-order valence-electron chi connectivity index (χ2n) is 6.22. The van der Waals surface area contributed by atoms with Gasteiger partial charge in [0.2, 0.25) is 0 Å². The van der Waals surface area contributed by atoms with E-state index in [1.54, 1.807) is 4.90 Å². The molecule has 0 bridgehead atoms. The van der Waals surface area contributed by atoms with Crippen molar-refractivity contribution in [3.63, 3.8) is 0 Å². The number of rotatable bonds is 5. The fraction of sp³-hybridized carbons (Fsp3) is 0.588. The van der Waals surface area contributed by atoms with Gasteiger partial charge in [-0.1, -0.05) is 43.6 Å². The Morgan fingerprint density at radius 3 is 2.64 bits per heavy atom. The lowest BCUT2D eigenvalue weighted by atomic mass is 9.94. The van der Waals surface area contributed by atoms with Gasteiger partial charge in [-0.05, 0) is 30.4 Å². The zero-order valence-electron chi connectivity index (χ0n) is 13.5. The number of nitrogens with two attached hydrogens (primary N) is 1. The molecule has 0 aliphatic carbocycles. The summed E-state index contributed by atoms with van der Waals surface area (Å²) in [6, 6.07) is 7.63. The third-order valence-corrected chi connectivity index (χ3v) is 4.61. The van der Waals surface area contributed by atoms with Crippen molar-refractivity contribution in [2.45, 2.75) is 44.9 Å². The number of hydrogen-bond donors (Lipinski definition) is 1. The lowest BCUT2D eigenvalue weighted by Gasteiger charge is -2.33. The molecule has 1 aromatic rings. The summed E-state index contributed by atoms with van der Waals surface area (Å²) in [5.41, 5.74) is 6.60. The minimum Gasteiger partial charge on any atom is -0.364 e. The third-order valence-electron chi connectivity index (χ3n) is 4.27. The Morgan fingerprint density at radius 1 is 1.41 bits per heavy atom. The van der Waals surface area contributed by atoms with Gasteiger partial charge in [0.15, 0.2) is 0 Å². The van der Waals surface area contributed by atoms with E-state index in [-0.39, 0.29) is 30.1 Å². The van der Waals surface area contributed by atoms with Crippen LogP contribution in [0, 0.1) is 5.92 Å². The number of nitrogens with zero attached hydrogens (tertiary/aromatic N) is 1. The van der Waals surface area contributed by atoms with Crippen LogP contribution in [-0.4, -0.2) is 36.6 Å². The third kappa shape index (κ3) is 3.62. The second kappa shape index (κ2) is 7.44. The van der Waals surface area contributed by atoms with Crippen LogP contribution in [0.25, 0.3) is 0 Å². The van der Waals surface area contributed by atoms with Crippen LogP contribution in [0.3, 0.4) is 0 Å². The quantitative estimate of drug-likeness (QED) is 0.905. The summed E-state index contributed by atoms with van der Waals surface area (Å²) in [4.78, 5) is 14.5. The number of halogens is 1. The first-order valence-corrected chi connectivity index (χ1v) is 8.20. The Kier molecular flexibility index (Phi) is 5.84. The molecule has 22 heavy (non-hydrogen) atoms. The van der Waals surface area contributed by atoms with Crippen molar-refractivity contribution in [2.75, 3.05) is 13.6 Å². The van der Waals surface area contributed by atoms with Crippen molar-refractivity contribution < 1.29 is 9.53 Å².